The van der Waals surface area contributed by atoms with Crippen molar-refractivity contribution in [1.29, 1.82) is 5.26 Å². The van der Waals surface area contributed by atoms with E-state index in [2.05, 4.69) is 5.32 Å². The number of anilines is 1. The minimum atomic E-state index is -0.523. The number of nitriles is 1. The van der Waals surface area contributed by atoms with Gasteiger partial charge in [0.1, 0.15) is 11.6 Å². The predicted molar refractivity (Wildman–Crippen MR) is 85.1 cm³/mol. The Bertz CT molecular complexity index is 748. The molecule has 1 amide bonds. The van der Waals surface area contributed by atoms with Crippen molar-refractivity contribution in [3.05, 3.63) is 69.7 Å². The molecule has 0 unspecified atom stereocenters. The summed E-state index contributed by atoms with van der Waals surface area (Å²) in [4.78, 5) is 12.1. The highest BCUT2D eigenvalue weighted by molar-refractivity contribution is 6.34. The van der Waals surface area contributed by atoms with Crippen LogP contribution in [-0.2, 0) is 4.79 Å². The minimum Gasteiger partial charge on any atom is -0.320 e. The Balaban J connectivity index is 2.24. The van der Waals surface area contributed by atoms with Crippen molar-refractivity contribution < 1.29 is 4.79 Å². The average molecular weight is 317 g/mol. The van der Waals surface area contributed by atoms with Crippen LogP contribution in [-0.4, -0.2) is 5.91 Å². The van der Waals surface area contributed by atoms with Crippen LogP contribution in [0.2, 0.25) is 10.0 Å². The number of carbonyl (C=O) groups excluding carboxylic acids is 1. The molecular weight excluding hydrogens is 307 g/mol. The van der Waals surface area contributed by atoms with Gasteiger partial charge in [-0.3, -0.25) is 4.79 Å². The van der Waals surface area contributed by atoms with E-state index in [0.717, 1.165) is 0 Å². The first kappa shape index (κ1) is 15.1. The smallest absolute Gasteiger partial charge is 0.266 e. The number of halogens is 2. The molecule has 2 rings (SSSR count). The monoisotopic (exact) mass is 316 g/mol. The normalized spacial score (nSPS) is 10.8. The molecule has 1 N–H and O–H groups in total. The van der Waals surface area contributed by atoms with Crippen LogP contribution in [0, 0.1) is 11.3 Å². The largest absolute Gasteiger partial charge is 0.320 e. The zero-order chi connectivity index (χ0) is 15.2. The van der Waals surface area contributed by atoms with E-state index >= 15 is 0 Å². The zero-order valence-electron chi connectivity index (χ0n) is 10.8. The lowest BCUT2D eigenvalue weighted by Gasteiger charge is -2.06. The van der Waals surface area contributed by atoms with Gasteiger partial charge in [0, 0.05) is 5.02 Å². The number of hydrogen-bond acceptors (Lipinski definition) is 2. The number of amides is 1. The number of hydrogen-bond donors (Lipinski definition) is 1. The lowest BCUT2D eigenvalue weighted by molar-refractivity contribution is -0.112. The Labute approximate surface area is 132 Å². The van der Waals surface area contributed by atoms with Gasteiger partial charge >= 0.3 is 0 Å². The molecule has 0 fully saturated rings. The van der Waals surface area contributed by atoms with Gasteiger partial charge < -0.3 is 5.32 Å². The highest BCUT2D eigenvalue weighted by Gasteiger charge is 2.11. The van der Waals surface area contributed by atoms with Gasteiger partial charge in [0.25, 0.3) is 5.91 Å². The van der Waals surface area contributed by atoms with E-state index < -0.39 is 5.91 Å². The molecule has 2 aromatic carbocycles. The summed E-state index contributed by atoms with van der Waals surface area (Å²) in [6.07, 6.45) is 1.47. The van der Waals surface area contributed by atoms with Crippen LogP contribution in [0.5, 0.6) is 0 Å². The molecule has 0 aromatic heterocycles. The average Bonchev–Trinajstić information content (AvgIpc) is 2.47. The molecule has 104 valence electrons. The fourth-order valence-corrected chi connectivity index (χ4v) is 2.05. The maximum Gasteiger partial charge on any atom is 0.266 e. The molecule has 3 nitrogen and oxygen atoms in total. The number of benzene rings is 2. The van der Waals surface area contributed by atoms with Crippen LogP contribution in [0.1, 0.15) is 5.56 Å². The summed E-state index contributed by atoms with van der Waals surface area (Å²) < 4.78 is 0. The van der Waals surface area contributed by atoms with Gasteiger partial charge in [-0.15, -0.1) is 0 Å². The highest BCUT2D eigenvalue weighted by atomic mass is 35.5. The molecule has 0 bridgehead atoms. The van der Waals surface area contributed by atoms with Gasteiger partial charge in [-0.2, -0.15) is 5.26 Å². The van der Waals surface area contributed by atoms with E-state index in [1.807, 2.05) is 6.07 Å². The lowest BCUT2D eigenvalue weighted by atomic mass is 10.1. The summed E-state index contributed by atoms with van der Waals surface area (Å²) >= 11 is 11.8. The van der Waals surface area contributed by atoms with Crippen molar-refractivity contribution in [1.82, 2.24) is 0 Å². The number of nitrogens with one attached hydrogen (secondary N) is 1. The molecule has 0 aliphatic rings. The van der Waals surface area contributed by atoms with Crippen LogP contribution >= 0.6 is 23.2 Å². The summed E-state index contributed by atoms with van der Waals surface area (Å²) in [5.74, 6) is -0.523. The summed E-state index contributed by atoms with van der Waals surface area (Å²) in [6.45, 7) is 0. The number of rotatable bonds is 3. The first-order valence-corrected chi connectivity index (χ1v) is 6.79. The van der Waals surface area contributed by atoms with E-state index in [4.69, 9.17) is 28.5 Å². The zero-order valence-corrected chi connectivity index (χ0v) is 12.3. The van der Waals surface area contributed by atoms with E-state index in [0.29, 0.717) is 21.3 Å². The first-order chi connectivity index (χ1) is 10.1. The maximum absolute atomic E-state index is 12.1. The van der Waals surface area contributed by atoms with Gasteiger partial charge in [-0.25, -0.2) is 0 Å². The van der Waals surface area contributed by atoms with Crippen LogP contribution in [0.15, 0.2) is 54.1 Å². The number of para-hydroxylation sites is 1. The number of nitrogens with zero attached hydrogens (tertiary/aromatic N) is 1. The van der Waals surface area contributed by atoms with Gasteiger partial charge in [0.2, 0.25) is 0 Å². The lowest BCUT2D eigenvalue weighted by Crippen LogP contribution is -2.13. The van der Waals surface area contributed by atoms with Crippen LogP contribution in [0.4, 0.5) is 5.69 Å². The molecule has 0 aliphatic carbocycles. The second kappa shape index (κ2) is 6.94. The first-order valence-electron chi connectivity index (χ1n) is 6.03. The summed E-state index contributed by atoms with van der Waals surface area (Å²) in [5, 5.41) is 12.7. The van der Waals surface area contributed by atoms with Crippen molar-refractivity contribution in [3.8, 4) is 6.07 Å². The van der Waals surface area contributed by atoms with E-state index in [1.54, 1.807) is 48.5 Å². The fourth-order valence-electron chi connectivity index (χ4n) is 1.66. The van der Waals surface area contributed by atoms with Crippen molar-refractivity contribution in [2.24, 2.45) is 0 Å². The Kier molecular flexibility index (Phi) is 4.99. The molecule has 0 heterocycles. The van der Waals surface area contributed by atoms with Gasteiger partial charge in [0.05, 0.1) is 10.7 Å². The fraction of sp³-hybridized carbons (Fsp3) is 0. The molecule has 0 saturated carbocycles. The van der Waals surface area contributed by atoms with E-state index in [9.17, 15) is 4.79 Å². The second-order valence-corrected chi connectivity index (χ2v) is 5.00. The predicted octanol–water partition coefficient (Wildman–Crippen LogP) is 4.54. The summed E-state index contributed by atoms with van der Waals surface area (Å²) in [6, 6.07) is 15.6. The second-order valence-electron chi connectivity index (χ2n) is 4.16. The van der Waals surface area contributed by atoms with Gasteiger partial charge in [-0.05, 0) is 35.9 Å². The quantitative estimate of drug-likeness (QED) is 0.667. The molecule has 0 atom stereocenters. The molecule has 0 aliphatic heterocycles. The molecular formula is C16H10Cl2N2O. The third-order valence-corrected chi connectivity index (χ3v) is 3.21. The van der Waals surface area contributed by atoms with E-state index in [-0.39, 0.29) is 5.57 Å². The Morgan fingerprint density at radius 2 is 1.90 bits per heavy atom. The van der Waals surface area contributed by atoms with Crippen LogP contribution in [0.25, 0.3) is 6.08 Å². The summed E-state index contributed by atoms with van der Waals surface area (Å²) in [7, 11) is 0. The molecule has 0 spiro atoms. The third-order valence-electron chi connectivity index (χ3n) is 2.65. The molecule has 0 radical (unpaired) electrons. The summed E-state index contributed by atoms with van der Waals surface area (Å²) in [5.41, 5.74) is 1.10. The van der Waals surface area contributed by atoms with Gasteiger partial charge in [-0.1, -0.05) is 47.5 Å². The van der Waals surface area contributed by atoms with Crippen molar-refractivity contribution in [3.63, 3.8) is 0 Å². The SMILES string of the molecule is N#C/C(=C\c1cccc(Cl)c1)C(=O)Nc1ccccc1Cl. The maximum atomic E-state index is 12.1. The Morgan fingerprint density at radius 1 is 1.14 bits per heavy atom. The minimum absolute atomic E-state index is 0.0304. The van der Waals surface area contributed by atoms with E-state index in [1.165, 1.54) is 6.08 Å². The standard InChI is InChI=1S/C16H10Cl2N2O/c17-13-5-3-4-11(9-13)8-12(10-19)16(21)20-15-7-2-1-6-14(15)18/h1-9H,(H,20,21)/b12-8+. The molecule has 0 saturated heterocycles. The third kappa shape index (κ3) is 4.09. The molecule has 2 aromatic rings. The Morgan fingerprint density at radius 3 is 2.57 bits per heavy atom. The molecule has 5 heteroatoms. The van der Waals surface area contributed by atoms with Crippen LogP contribution < -0.4 is 5.32 Å². The van der Waals surface area contributed by atoms with Crippen molar-refractivity contribution >= 4 is 40.9 Å². The van der Waals surface area contributed by atoms with Gasteiger partial charge in [0.15, 0.2) is 0 Å². The Hall–Kier alpha value is -2.28. The van der Waals surface area contributed by atoms with Crippen molar-refractivity contribution in [2.75, 3.05) is 5.32 Å². The van der Waals surface area contributed by atoms with Crippen molar-refractivity contribution in [2.45, 2.75) is 0 Å². The topological polar surface area (TPSA) is 52.9 Å². The molecule has 21 heavy (non-hydrogen) atoms. The number of carbonyl (C=O) groups is 1. The highest BCUT2D eigenvalue weighted by Crippen LogP contribution is 2.21. The van der Waals surface area contributed by atoms with Crippen LogP contribution in [0.3, 0.4) is 0 Å².